The SMILES string of the molecule is [CH2]SCc1ccccc1C#N. The van der Waals surface area contributed by atoms with E-state index in [0.29, 0.717) is 0 Å². The number of hydrogen-bond acceptors (Lipinski definition) is 2. The minimum atomic E-state index is 0.753. The number of benzene rings is 1. The van der Waals surface area contributed by atoms with Crippen molar-refractivity contribution in [1.29, 1.82) is 5.26 Å². The molecule has 1 radical (unpaired) electrons. The van der Waals surface area contributed by atoms with Crippen LogP contribution in [0, 0.1) is 17.6 Å². The van der Waals surface area contributed by atoms with Gasteiger partial charge in [0, 0.05) is 12.0 Å². The van der Waals surface area contributed by atoms with Gasteiger partial charge in [0.2, 0.25) is 0 Å². The second kappa shape index (κ2) is 4.05. The summed E-state index contributed by atoms with van der Waals surface area (Å²) in [4.78, 5) is 0. The molecule has 1 nitrogen and oxygen atoms in total. The summed E-state index contributed by atoms with van der Waals surface area (Å²) in [5, 5.41) is 8.67. The maximum absolute atomic E-state index is 8.67. The highest BCUT2D eigenvalue weighted by atomic mass is 32.2. The average Bonchev–Trinajstić information content (AvgIpc) is 2.06. The van der Waals surface area contributed by atoms with Gasteiger partial charge in [-0.1, -0.05) is 18.2 Å². The molecule has 0 aliphatic heterocycles. The fraction of sp³-hybridized carbons (Fsp3) is 0.111. The monoisotopic (exact) mass is 162 g/mol. The summed E-state index contributed by atoms with van der Waals surface area (Å²) in [5.74, 6) is 0.809. The van der Waals surface area contributed by atoms with Crippen molar-refractivity contribution in [3.8, 4) is 6.07 Å². The summed E-state index contributed by atoms with van der Waals surface area (Å²) >= 11 is 1.48. The first-order chi connectivity index (χ1) is 5.38. The fourth-order valence-corrected chi connectivity index (χ4v) is 1.34. The summed E-state index contributed by atoms with van der Waals surface area (Å²) in [7, 11) is 0. The lowest BCUT2D eigenvalue weighted by Gasteiger charge is -1.98. The average molecular weight is 162 g/mol. The Morgan fingerprint density at radius 3 is 2.82 bits per heavy atom. The Labute approximate surface area is 71.0 Å². The van der Waals surface area contributed by atoms with Crippen LogP contribution in [0.25, 0.3) is 0 Å². The van der Waals surface area contributed by atoms with E-state index in [1.807, 2.05) is 24.3 Å². The predicted octanol–water partition coefficient (Wildman–Crippen LogP) is 2.58. The molecule has 0 heterocycles. The maximum atomic E-state index is 8.67. The van der Waals surface area contributed by atoms with Crippen molar-refractivity contribution >= 4 is 11.8 Å². The minimum Gasteiger partial charge on any atom is -0.192 e. The Hall–Kier alpha value is -0.940. The minimum absolute atomic E-state index is 0.753. The molecular formula is C9H8NS. The van der Waals surface area contributed by atoms with E-state index in [9.17, 15) is 0 Å². The van der Waals surface area contributed by atoms with Crippen LogP contribution in [0.4, 0.5) is 0 Å². The largest absolute Gasteiger partial charge is 0.192 e. The van der Waals surface area contributed by atoms with E-state index in [-0.39, 0.29) is 0 Å². The second-order valence-electron chi connectivity index (χ2n) is 2.12. The molecule has 0 aromatic heterocycles. The molecule has 0 bridgehead atoms. The van der Waals surface area contributed by atoms with Crippen LogP contribution in [-0.2, 0) is 5.75 Å². The predicted molar refractivity (Wildman–Crippen MR) is 47.8 cm³/mol. The molecule has 1 aromatic carbocycles. The molecule has 0 N–H and O–H groups in total. The number of hydrogen-bond donors (Lipinski definition) is 0. The van der Waals surface area contributed by atoms with Gasteiger partial charge in [-0.05, 0) is 11.6 Å². The first-order valence-electron chi connectivity index (χ1n) is 3.23. The van der Waals surface area contributed by atoms with Gasteiger partial charge in [-0.15, -0.1) is 0 Å². The molecule has 1 aromatic rings. The number of rotatable bonds is 2. The highest BCUT2D eigenvalue weighted by molar-refractivity contribution is 7.99. The van der Waals surface area contributed by atoms with Crippen LogP contribution in [0.15, 0.2) is 24.3 Å². The van der Waals surface area contributed by atoms with Gasteiger partial charge in [0.15, 0.2) is 0 Å². The Morgan fingerprint density at radius 2 is 2.18 bits per heavy atom. The van der Waals surface area contributed by atoms with Gasteiger partial charge in [-0.2, -0.15) is 17.0 Å². The zero-order chi connectivity index (χ0) is 8.10. The van der Waals surface area contributed by atoms with Crippen LogP contribution in [0.5, 0.6) is 0 Å². The van der Waals surface area contributed by atoms with Crippen LogP contribution in [0.2, 0.25) is 0 Å². The number of nitriles is 1. The van der Waals surface area contributed by atoms with E-state index in [4.69, 9.17) is 5.26 Å². The molecule has 0 aliphatic rings. The summed E-state index contributed by atoms with van der Waals surface area (Å²) < 4.78 is 0. The van der Waals surface area contributed by atoms with E-state index in [1.54, 1.807) is 0 Å². The molecule has 0 saturated heterocycles. The Bertz CT molecular complexity index is 275. The topological polar surface area (TPSA) is 23.8 Å². The summed E-state index contributed by atoms with van der Waals surface area (Å²) in [6.45, 7) is 0. The third-order valence-electron chi connectivity index (χ3n) is 1.40. The summed E-state index contributed by atoms with van der Waals surface area (Å²) in [6, 6.07) is 9.73. The highest BCUT2D eigenvalue weighted by Gasteiger charge is 1.97. The van der Waals surface area contributed by atoms with Crippen molar-refractivity contribution in [2.24, 2.45) is 0 Å². The lowest BCUT2D eigenvalue weighted by Crippen LogP contribution is -1.84. The van der Waals surface area contributed by atoms with E-state index in [2.05, 4.69) is 12.3 Å². The van der Waals surface area contributed by atoms with Gasteiger partial charge in [-0.3, -0.25) is 0 Å². The number of nitrogens with zero attached hydrogens (tertiary/aromatic N) is 1. The highest BCUT2D eigenvalue weighted by Crippen LogP contribution is 2.13. The van der Waals surface area contributed by atoms with E-state index in [1.165, 1.54) is 11.8 Å². The molecule has 0 saturated carbocycles. The Morgan fingerprint density at radius 1 is 1.45 bits per heavy atom. The zero-order valence-corrected chi connectivity index (χ0v) is 6.90. The lowest BCUT2D eigenvalue weighted by atomic mass is 10.1. The van der Waals surface area contributed by atoms with Crippen LogP contribution < -0.4 is 0 Å². The van der Waals surface area contributed by atoms with Crippen molar-refractivity contribution in [3.05, 3.63) is 41.6 Å². The molecule has 0 amide bonds. The van der Waals surface area contributed by atoms with Crippen molar-refractivity contribution in [2.75, 3.05) is 0 Å². The normalized spacial score (nSPS) is 9.09. The van der Waals surface area contributed by atoms with E-state index < -0.39 is 0 Å². The van der Waals surface area contributed by atoms with E-state index >= 15 is 0 Å². The Balaban J connectivity index is 2.95. The standard InChI is InChI=1S/C9H8NS/c1-11-7-9-5-3-2-4-8(9)6-10/h2-5H,1,7H2. The molecule has 0 atom stereocenters. The third kappa shape index (κ3) is 1.99. The summed E-state index contributed by atoms with van der Waals surface area (Å²) in [6.07, 6.45) is 3.66. The van der Waals surface area contributed by atoms with Crippen LogP contribution in [0.3, 0.4) is 0 Å². The Kier molecular flexibility index (Phi) is 3.00. The van der Waals surface area contributed by atoms with Gasteiger partial charge >= 0.3 is 0 Å². The first-order valence-corrected chi connectivity index (χ1v) is 4.39. The maximum Gasteiger partial charge on any atom is 0.0994 e. The molecule has 11 heavy (non-hydrogen) atoms. The van der Waals surface area contributed by atoms with Crippen LogP contribution in [-0.4, -0.2) is 0 Å². The van der Waals surface area contributed by atoms with Gasteiger partial charge < -0.3 is 0 Å². The molecule has 0 unspecified atom stereocenters. The molecular weight excluding hydrogens is 154 g/mol. The van der Waals surface area contributed by atoms with E-state index in [0.717, 1.165) is 16.9 Å². The third-order valence-corrected chi connectivity index (χ3v) is 1.91. The first kappa shape index (κ1) is 8.16. The van der Waals surface area contributed by atoms with Crippen molar-refractivity contribution in [3.63, 3.8) is 0 Å². The van der Waals surface area contributed by atoms with Crippen LogP contribution >= 0.6 is 11.8 Å². The molecule has 55 valence electrons. The van der Waals surface area contributed by atoms with Crippen molar-refractivity contribution < 1.29 is 0 Å². The number of thioether (sulfide) groups is 1. The zero-order valence-electron chi connectivity index (χ0n) is 6.08. The second-order valence-corrected chi connectivity index (χ2v) is 2.81. The van der Waals surface area contributed by atoms with Gasteiger partial charge in [-0.25, -0.2) is 0 Å². The van der Waals surface area contributed by atoms with Gasteiger partial charge in [0.25, 0.3) is 0 Å². The molecule has 2 heteroatoms. The molecule has 0 aliphatic carbocycles. The van der Waals surface area contributed by atoms with Gasteiger partial charge in [0.05, 0.1) is 11.6 Å². The molecule has 0 spiro atoms. The smallest absolute Gasteiger partial charge is 0.0994 e. The summed E-state index contributed by atoms with van der Waals surface area (Å²) in [5.41, 5.74) is 1.82. The van der Waals surface area contributed by atoms with Crippen LogP contribution in [0.1, 0.15) is 11.1 Å². The quantitative estimate of drug-likeness (QED) is 0.667. The van der Waals surface area contributed by atoms with Gasteiger partial charge in [0.1, 0.15) is 0 Å². The molecule has 0 fully saturated rings. The van der Waals surface area contributed by atoms with Crippen molar-refractivity contribution in [1.82, 2.24) is 0 Å². The lowest BCUT2D eigenvalue weighted by molar-refractivity contribution is 1.36. The fourth-order valence-electron chi connectivity index (χ4n) is 0.865. The van der Waals surface area contributed by atoms with Crippen molar-refractivity contribution in [2.45, 2.75) is 5.75 Å². The molecule has 1 rings (SSSR count).